The van der Waals surface area contributed by atoms with Crippen LogP contribution in [0.5, 0.6) is 0 Å². The van der Waals surface area contributed by atoms with Crippen LogP contribution in [0, 0.1) is 0 Å². The summed E-state index contributed by atoms with van der Waals surface area (Å²) < 4.78 is 16.8. The third-order valence-corrected chi connectivity index (χ3v) is 12.1. The summed E-state index contributed by atoms with van der Waals surface area (Å²) in [5.74, 6) is -0.984. The van der Waals surface area contributed by atoms with Crippen molar-refractivity contribution >= 4 is 17.9 Å². The van der Waals surface area contributed by atoms with Gasteiger partial charge in [-0.1, -0.05) is 225 Å². The third kappa shape index (κ3) is 58.3. The number of unbranched alkanes of at least 4 members (excludes halogenated alkanes) is 19. The highest BCUT2D eigenvalue weighted by atomic mass is 16.6. The molecule has 0 fully saturated rings. The first-order valence-electron chi connectivity index (χ1n) is 29.7. The van der Waals surface area contributed by atoms with E-state index in [1.54, 1.807) is 0 Å². The fourth-order valence-corrected chi connectivity index (χ4v) is 7.66. The van der Waals surface area contributed by atoms with Gasteiger partial charge in [-0.25, -0.2) is 0 Å². The highest BCUT2D eigenvalue weighted by Gasteiger charge is 2.19. The maximum atomic E-state index is 12.9. The zero-order chi connectivity index (χ0) is 52.9. The Labute approximate surface area is 449 Å². The van der Waals surface area contributed by atoms with Gasteiger partial charge in [0.25, 0.3) is 0 Å². The van der Waals surface area contributed by atoms with E-state index in [9.17, 15) is 14.4 Å². The van der Waals surface area contributed by atoms with Crippen molar-refractivity contribution < 1.29 is 28.6 Å². The molecule has 0 amide bonds. The number of carbonyl (C=O) groups excluding carboxylic acids is 3. The molecule has 0 aliphatic rings. The van der Waals surface area contributed by atoms with Crippen LogP contribution in [0.25, 0.3) is 0 Å². The van der Waals surface area contributed by atoms with Crippen molar-refractivity contribution in [1.29, 1.82) is 0 Å². The zero-order valence-corrected chi connectivity index (χ0v) is 47.1. The predicted molar refractivity (Wildman–Crippen MR) is 316 cm³/mol. The molecular formula is C67H108O6. The van der Waals surface area contributed by atoms with Gasteiger partial charge in [-0.15, -0.1) is 0 Å². The van der Waals surface area contributed by atoms with E-state index in [-0.39, 0.29) is 37.5 Å². The summed E-state index contributed by atoms with van der Waals surface area (Å²) >= 11 is 0. The van der Waals surface area contributed by atoms with Crippen LogP contribution >= 0.6 is 0 Å². The Morgan fingerprint density at radius 2 is 0.534 bits per heavy atom. The van der Waals surface area contributed by atoms with Crippen LogP contribution in [0.15, 0.2) is 134 Å². The molecular weight excluding hydrogens is 901 g/mol. The lowest BCUT2D eigenvalue weighted by atomic mass is 10.1. The van der Waals surface area contributed by atoms with Crippen molar-refractivity contribution in [3.05, 3.63) is 134 Å². The normalized spacial score (nSPS) is 13.1. The van der Waals surface area contributed by atoms with Gasteiger partial charge in [0, 0.05) is 19.3 Å². The molecule has 0 saturated heterocycles. The summed E-state index contributed by atoms with van der Waals surface area (Å²) in [7, 11) is 0. The van der Waals surface area contributed by atoms with Crippen molar-refractivity contribution in [2.75, 3.05) is 13.2 Å². The van der Waals surface area contributed by atoms with Crippen LogP contribution in [0.1, 0.15) is 252 Å². The summed E-state index contributed by atoms with van der Waals surface area (Å²) in [6.07, 6.45) is 84.3. The van der Waals surface area contributed by atoms with Crippen molar-refractivity contribution in [3.8, 4) is 0 Å². The molecule has 0 aromatic heterocycles. The topological polar surface area (TPSA) is 78.9 Å². The Bertz CT molecular complexity index is 1580. The number of hydrogen-bond donors (Lipinski definition) is 0. The van der Waals surface area contributed by atoms with Crippen molar-refractivity contribution in [2.24, 2.45) is 0 Å². The number of rotatable bonds is 52. The van der Waals surface area contributed by atoms with Gasteiger partial charge in [0.15, 0.2) is 6.10 Å². The number of esters is 3. The minimum absolute atomic E-state index is 0.110. The van der Waals surface area contributed by atoms with Crippen LogP contribution in [0.3, 0.4) is 0 Å². The van der Waals surface area contributed by atoms with Crippen LogP contribution in [0.4, 0.5) is 0 Å². The largest absolute Gasteiger partial charge is 0.462 e. The minimum atomic E-state index is -0.818. The first kappa shape index (κ1) is 68.6. The van der Waals surface area contributed by atoms with Gasteiger partial charge in [-0.2, -0.15) is 0 Å². The van der Waals surface area contributed by atoms with E-state index in [0.717, 1.165) is 128 Å². The van der Waals surface area contributed by atoms with Crippen LogP contribution in [-0.2, 0) is 28.6 Å². The summed E-state index contributed by atoms with van der Waals surface area (Å²) in [5.41, 5.74) is 0. The smallest absolute Gasteiger partial charge is 0.306 e. The first-order valence-corrected chi connectivity index (χ1v) is 29.7. The Hall–Kier alpha value is -4.45. The molecule has 73 heavy (non-hydrogen) atoms. The molecule has 6 heteroatoms. The molecule has 0 unspecified atom stereocenters. The molecule has 0 saturated carbocycles. The molecule has 0 rings (SSSR count). The van der Waals surface area contributed by atoms with Crippen molar-refractivity contribution in [2.45, 2.75) is 258 Å². The van der Waals surface area contributed by atoms with E-state index in [1.807, 2.05) is 0 Å². The van der Waals surface area contributed by atoms with E-state index in [4.69, 9.17) is 14.2 Å². The average Bonchev–Trinajstić information content (AvgIpc) is 3.39. The highest BCUT2D eigenvalue weighted by molar-refractivity contribution is 5.71. The Balaban J connectivity index is 4.55. The third-order valence-electron chi connectivity index (χ3n) is 12.1. The Morgan fingerprint density at radius 3 is 0.849 bits per heavy atom. The van der Waals surface area contributed by atoms with E-state index >= 15 is 0 Å². The molecule has 0 aromatic rings. The van der Waals surface area contributed by atoms with Gasteiger partial charge in [-0.05, 0) is 141 Å². The van der Waals surface area contributed by atoms with Gasteiger partial charge in [0.05, 0.1) is 0 Å². The molecule has 412 valence electrons. The lowest BCUT2D eigenvalue weighted by Gasteiger charge is -2.18. The van der Waals surface area contributed by atoms with Gasteiger partial charge in [0.2, 0.25) is 0 Å². The van der Waals surface area contributed by atoms with Crippen LogP contribution < -0.4 is 0 Å². The molecule has 0 N–H and O–H groups in total. The Morgan fingerprint density at radius 1 is 0.288 bits per heavy atom. The van der Waals surface area contributed by atoms with Crippen LogP contribution in [0.2, 0.25) is 0 Å². The van der Waals surface area contributed by atoms with E-state index in [0.29, 0.717) is 19.3 Å². The second-order valence-corrected chi connectivity index (χ2v) is 19.2. The molecule has 0 radical (unpaired) electrons. The number of allylic oxidation sites excluding steroid dienone is 22. The predicted octanol–water partition coefficient (Wildman–Crippen LogP) is 20.2. The number of hydrogen-bond acceptors (Lipinski definition) is 6. The van der Waals surface area contributed by atoms with E-state index in [1.165, 1.54) is 77.0 Å². The van der Waals surface area contributed by atoms with Gasteiger partial charge in [-0.3, -0.25) is 14.4 Å². The quantitative estimate of drug-likeness (QED) is 0.0261. The van der Waals surface area contributed by atoms with Crippen molar-refractivity contribution in [1.82, 2.24) is 0 Å². The lowest BCUT2D eigenvalue weighted by molar-refractivity contribution is -0.167. The van der Waals surface area contributed by atoms with E-state index < -0.39 is 6.10 Å². The summed E-state index contributed by atoms with van der Waals surface area (Å²) in [6, 6.07) is 0. The molecule has 0 heterocycles. The van der Waals surface area contributed by atoms with Crippen molar-refractivity contribution in [3.63, 3.8) is 0 Å². The molecule has 6 nitrogen and oxygen atoms in total. The van der Waals surface area contributed by atoms with Gasteiger partial charge in [0.1, 0.15) is 13.2 Å². The Kier molecular flexibility index (Phi) is 56.4. The fraction of sp³-hybridized carbons (Fsp3) is 0.627. The second-order valence-electron chi connectivity index (χ2n) is 19.2. The summed E-state index contributed by atoms with van der Waals surface area (Å²) in [4.78, 5) is 38.2. The standard InChI is InChI=1S/C67H108O6/c1-4-7-10-13-16-19-22-25-28-31-33-36-39-42-45-48-51-54-57-60-66(69)72-63-64(62-71-65(68)59-56-53-50-47-44-41-38-35-30-27-24-21-18-15-12-9-6-3)73-67(70)61-58-55-52-49-46-43-40-37-34-32-29-26-23-20-17-14-11-8-5-2/h7,10,16-21,25-30,33-34,36-37,42-43,45-46,64H,4-6,8-9,11-15,22-24,31-32,35,38-41,44,47-63H2,1-3H3/b10-7-,19-16-,20-17-,21-18-,28-25-,29-26-,30-27-,36-33-,37-34-,45-42-,46-43-/t64-/m0/s1. The second kappa shape index (κ2) is 60.1. The molecule has 0 aliphatic heterocycles. The lowest BCUT2D eigenvalue weighted by Crippen LogP contribution is -2.30. The zero-order valence-electron chi connectivity index (χ0n) is 47.1. The van der Waals surface area contributed by atoms with E-state index in [2.05, 4.69) is 154 Å². The fourth-order valence-electron chi connectivity index (χ4n) is 7.66. The summed E-state index contributed by atoms with van der Waals surface area (Å²) in [5, 5.41) is 0. The van der Waals surface area contributed by atoms with Gasteiger partial charge < -0.3 is 14.2 Å². The van der Waals surface area contributed by atoms with Crippen LogP contribution in [-0.4, -0.2) is 37.2 Å². The maximum Gasteiger partial charge on any atom is 0.306 e. The molecule has 0 aliphatic carbocycles. The monoisotopic (exact) mass is 1010 g/mol. The molecule has 0 aromatic carbocycles. The summed E-state index contributed by atoms with van der Waals surface area (Å²) in [6.45, 7) is 6.41. The SMILES string of the molecule is CC/C=C\C/C=C\C/C=C\C/C=C\C/C=C\CCCCCC(=O)OC[C@H](COC(=O)CCCCCCCCC/C=C\C/C=C\CCCCC)OC(=O)CCCCC/C=C\C/C=C\C/C=C\C/C=C\CCCCC. The van der Waals surface area contributed by atoms with Gasteiger partial charge >= 0.3 is 17.9 Å². The molecule has 1 atom stereocenters. The maximum absolute atomic E-state index is 12.9. The molecule has 0 bridgehead atoms. The number of ether oxygens (including phenoxy) is 3. The minimum Gasteiger partial charge on any atom is -0.462 e. The molecule has 0 spiro atoms. The first-order chi connectivity index (χ1) is 36.0. The number of carbonyl (C=O) groups is 3. The average molecular weight is 1010 g/mol. The highest BCUT2D eigenvalue weighted by Crippen LogP contribution is 2.13.